The first-order valence-electron chi connectivity index (χ1n) is 6.53. The quantitative estimate of drug-likeness (QED) is 0.842. The maximum atomic E-state index is 11.9. The van der Waals surface area contributed by atoms with E-state index in [1.165, 1.54) is 18.9 Å². The average Bonchev–Trinajstić information content (AvgIpc) is 2.91. The molecular formula is C14H19NO3S. The number of hydrogen-bond donors (Lipinski definition) is 2. The van der Waals surface area contributed by atoms with Crippen molar-refractivity contribution in [2.24, 2.45) is 11.3 Å². The second-order valence-corrected chi connectivity index (χ2v) is 6.83. The molecule has 0 bridgehead atoms. The lowest BCUT2D eigenvalue weighted by molar-refractivity contribution is 0.0702. The summed E-state index contributed by atoms with van der Waals surface area (Å²) in [6.07, 6.45) is 3.49. The van der Waals surface area contributed by atoms with E-state index >= 15 is 0 Å². The van der Waals surface area contributed by atoms with Gasteiger partial charge in [0.2, 0.25) is 0 Å². The van der Waals surface area contributed by atoms with Gasteiger partial charge in [-0.15, -0.1) is 11.3 Å². The third kappa shape index (κ3) is 3.56. The Morgan fingerprint density at radius 1 is 1.37 bits per heavy atom. The zero-order valence-corrected chi connectivity index (χ0v) is 12.0. The summed E-state index contributed by atoms with van der Waals surface area (Å²) >= 11 is 1.02. The van der Waals surface area contributed by atoms with Crippen molar-refractivity contribution >= 4 is 23.2 Å². The van der Waals surface area contributed by atoms with Gasteiger partial charge in [-0.25, -0.2) is 4.79 Å². The minimum atomic E-state index is -0.984. The van der Waals surface area contributed by atoms with Crippen LogP contribution in [0.2, 0.25) is 0 Å². The van der Waals surface area contributed by atoms with Gasteiger partial charge >= 0.3 is 5.97 Å². The van der Waals surface area contributed by atoms with E-state index in [1.807, 2.05) is 0 Å². The maximum Gasteiger partial charge on any atom is 0.345 e. The molecule has 1 fully saturated rings. The highest BCUT2D eigenvalue weighted by molar-refractivity contribution is 7.15. The number of hydrogen-bond acceptors (Lipinski definition) is 3. The Kier molecular flexibility index (Phi) is 3.94. The van der Waals surface area contributed by atoms with E-state index in [-0.39, 0.29) is 16.2 Å². The van der Waals surface area contributed by atoms with Crippen molar-refractivity contribution in [1.29, 1.82) is 0 Å². The Morgan fingerprint density at radius 2 is 2.00 bits per heavy atom. The third-order valence-corrected chi connectivity index (χ3v) is 4.53. The molecule has 1 saturated carbocycles. The monoisotopic (exact) mass is 281 g/mol. The van der Waals surface area contributed by atoms with Gasteiger partial charge in [0.15, 0.2) is 0 Å². The van der Waals surface area contributed by atoms with Crippen LogP contribution in [0.4, 0.5) is 0 Å². The SMILES string of the molecule is CC(C)CC1(CNC(=O)c2ccc(C(=O)O)s2)CC1. The lowest BCUT2D eigenvalue weighted by atomic mass is 9.94. The standard InChI is InChI=1S/C14H19NO3S/c1-9(2)7-14(5-6-14)8-15-12(16)10-3-4-11(19-10)13(17)18/h3-4,9H,5-8H2,1-2H3,(H,15,16)(H,17,18). The molecule has 0 aliphatic heterocycles. The van der Waals surface area contributed by atoms with Crippen LogP contribution >= 0.6 is 11.3 Å². The summed E-state index contributed by atoms with van der Waals surface area (Å²) in [5.74, 6) is -0.505. The Balaban J connectivity index is 1.89. The summed E-state index contributed by atoms with van der Waals surface area (Å²) in [4.78, 5) is 23.4. The van der Waals surface area contributed by atoms with E-state index in [4.69, 9.17) is 5.11 Å². The van der Waals surface area contributed by atoms with Crippen molar-refractivity contribution in [3.8, 4) is 0 Å². The highest BCUT2D eigenvalue weighted by Gasteiger charge is 2.42. The number of nitrogens with one attached hydrogen (secondary N) is 1. The Hall–Kier alpha value is -1.36. The average molecular weight is 281 g/mol. The van der Waals surface area contributed by atoms with E-state index in [1.54, 1.807) is 6.07 Å². The van der Waals surface area contributed by atoms with Crippen molar-refractivity contribution in [2.75, 3.05) is 6.54 Å². The molecule has 0 saturated heterocycles. The van der Waals surface area contributed by atoms with Crippen LogP contribution in [0.5, 0.6) is 0 Å². The molecule has 1 heterocycles. The normalized spacial score (nSPS) is 16.4. The van der Waals surface area contributed by atoms with Crippen molar-refractivity contribution < 1.29 is 14.7 Å². The number of aromatic carboxylic acids is 1. The smallest absolute Gasteiger partial charge is 0.345 e. The first-order valence-corrected chi connectivity index (χ1v) is 7.35. The first kappa shape index (κ1) is 14.1. The molecular weight excluding hydrogens is 262 g/mol. The highest BCUT2D eigenvalue weighted by atomic mass is 32.1. The van der Waals surface area contributed by atoms with Crippen LogP contribution in [0.1, 0.15) is 52.5 Å². The topological polar surface area (TPSA) is 66.4 Å². The van der Waals surface area contributed by atoms with Gasteiger partial charge in [-0.1, -0.05) is 13.8 Å². The number of carboxylic acid groups (broad SMARTS) is 1. The van der Waals surface area contributed by atoms with Gasteiger partial charge in [-0.2, -0.15) is 0 Å². The van der Waals surface area contributed by atoms with Crippen molar-refractivity contribution in [3.63, 3.8) is 0 Å². The van der Waals surface area contributed by atoms with E-state index in [0.717, 1.165) is 17.8 Å². The van der Waals surface area contributed by atoms with Gasteiger partial charge in [0.05, 0.1) is 4.88 Å². The van der Waals surface area contributed by atoms with Crippen molar-refractivity contribution in [2.45, 2.75) is 33.1 Å². The molecule has 0 radical (unpaired) electrons. The fraction of sp³-hybridized carbons (Fsp3) is 0.571. The molecule has 1 aromatic heterocycles. The second-order valence-electron chi connectivity index (χ2n) is 5.75. The summed E-state index contributed by atoms with van der Waals surface area (Å²) in [5, 5.41) is 11.8. The molecule has 0 unspecified atom stereocenters. The molecule has 0 atom stereocenters. The molecule has 1 aliphatic rings. The van der Waals surface area contributed by atoms with Gasteiger partial charge < -0.3 is 10.4 Å². The predicted molar refractivity (Wildman–Crippen MR) is 74.7 cm³/mol. The molecule has 5 heteroatoms. The number of rotatable bonds is 6. The lowest BCUT2D eigenvalue weighted by Crippen LogP contribution is -2.30. The van der Waals surface area contributed by atoms with Gasteiger partial charge in [-0.3, -0.25) is 4.79 Å². The minimum absolute atomic E-state index is 0.160. The van der Waals surface area contributed by atoms with E-state index in [9.17, 15) is 9.59 Å². The van der Waals surface area contributed by atoms with Crippen molar-refractivity contribution in [1.82, 2.24) is 5.32 Å². The van der Waals surface area contributed by atoms with Gasteiger partial charge in [0.1, 0.15) is 4.88 Å². The second kappa shape index (κ2) is 5.33. The van der Waals surface area contributed by atoms with Crippen LogP contribution in [-0.4, -0.2) is 23.5 Å². The Bertz CT molecular complexity index is 489. The Morgan fingerprint density at radius 3 is 2.47 bits per heavy atom. The number of carboxylic acids is 1. The summed E-state index contributed by atoms with van der Waals surface area (Å²) in [6.45, 7) is 5.09. The molecule has 1 aliphatic carbocycles. The van der Waals surface area contributed by atoms with Crippen molar-refractivity contribution in [3.05, 3.63) is 21.9 Å². The molecule has 104 valence electrons. The van der Waals surface area contributed by atoms with Crippen LogP contribution in [0.15, 0.2) is 12.1 Å². The number of carbonyl (C=O) groups is 2. The van der Waals surface area contributed by atoms with Crippen LogP contribution in [0, 0.1) is 11.3 Å². The molecule has 2 rings (SSSR count). The summed E-state index contributed by atoms with van der Waals surface area (Å²) in [6, 6.07) is 3.05. The lowest BCUT2D eigenvalue weighted by Gasteiger charge is -2.17. The molecule has 1 aromatic rings. The fourth-order valence-corrected chi connectivity index (χ4v) is 3.19. The number of carbonyl (C=O) groups excluding carboxylic acids is 1. The largest absolute Gasteiger partial charge is 0.477 e. The minimum Gasteiger partial charge on any atom is -0.477 e. The molecule has 19 heavy (non-hydrogen) atoms. The zero-order valence-electron chi connectivity index (χ0n) is 11.2. The number of amides is 1. The van der Waals surface area contributed by atoms with Crippen LogP contribution in [-0.2, 0) is 0 Å². The first-order chi connectivity index (χ1) is 8.92. The fourth-order valence-electron chi connectivity index (χ4n) is 2.43. The highest BCUT2D eigenvalue weighted by Crippen LogP contribution is 2.50. The van der Waals surface area contributed by atoms with Gasteiger partial charge in [-0.05, 0) is 42.7 Å². The zero-order chi connectivity index (χ0) is 14.0. The van der Waals surface area contributed by atoms with E-state index in [2.05, 4.69) is 19.2 Å². The van der Waals surface area contributed by atoms with Gasteiger partial charge in [0.25, 0.3) is 5.91 Å². The van der Waals surface area contributed by atoms with E-state index in [0.29, 0.717) is 17.3 Å². The molecule has 1 amide bonds. The number of thiophene rings is 1. The van der Waals surface area contributed by atoms with Crippen LogP contribution in [0.3, 0.4) is 0 Å². The Labute approximate surface area is 116 Å². The summed E-state index contributed by atoms with van der Waals surface area (Å²) in [5.41, 5.74) is 0.288. The predicted octanol–water partition coefficient (Wildman–Crippen LogP) is 3.00. The molecule has 4 nitrogen and oxygen atoms in total. The third-order valence-electron chi connectivity index (χ3n) is 3.46. The molecule has 0 spiro atoms. The van der Waals surface area contributed by atoms with Crippen LogP contribution < -0.4 is 5.32 Å². The van der Waals surface area contributed by atoms with Crippen LogP contribution in [0.25, 0.3) is 0 Å². The van der Waals surface area contributed by atoms with E-state index < -0.39 is 5.97 Å². The summed E-state index contributed by atoms with van der Waals surface area (Å²) < 4.78 is 0. The maximum absolute atomic E-state index is 11.9. The van der Waals surface area contributed by atoms with Gasteiger partial charge in [0, 0.05) is 6.54 Å². The summed E-state index contributed by atoms with van der Waals surface area (Å²) in [7, 11) is 0. The molecule has 2 N–H and O–H groups in total. The molecule has 0 aromatic carbocycles.